The van der Waals surface area contributed by atoms with Crippen LogP contribution in [0.2, 0.25) is 0 Å². The van der Waals surface area contributed by atoms with E-state index in [4.69, 9.17) is 18.0 Å². The number of rotatable bonds is 3. The summed E-state index contributed by atoms with van der Waals surface area (Å²) in [6, 6.07) is 1.86. The Kier molecular flexibility index (Phi) is 2.74. The third-order valence-corrected chi connectivity index (χ3v) is 5.63. The van der Waals surface area contributed by atoms with Crippen LogP contribution < -0.4 is 11.1 Å². The monoisotopic (exact) mass is 288 g/mol. The topological polar surface area (TPSA) is 63.8 Å². The van der Waals surface area contributed by atoms with Gasteiger partial charge < -0.3 is 11.1 Å². The summed E-state index contributed by atoms with van der Waals surface area (Å²) in [6.07, 6.45) is 9.76. The maximum Gasteiger partial charge on any atom is 0.159 e. The van der Waals surface area contributed by atoms with Crippen molar-refractivity contribution in [2.45, 2.75) is 44.1 Å². The van der Waals surface area contributed by atoms with E-state index in [0.29, 0.717) is 4.99 Å². The van der Waals surface area contributed by atoms with Gasteiger partial charge in [-0.1, -0.05) is 12.2 Å². The Morgan fingerprint density at radius 2 is 1.80 bits per heavy atom. The molecule has 0 aliphatic heterocycles. The van der Waals surface area contributed by atoms with Crippen molar-refractivity contribution in [1.82, 2.24) is 10.2 Å². The summed E-state index contributed by atoms with van der Waals surface area (Å²) in [5.41, 5.74) is 6.84. The van der Waals surface area contributed by atoms with Crippen molar-refractivity contribution < 1.29 is 0 Å². The third kappa shape index (κ3) is 1.99. The molecule has 3 N–H and O–H groups in total. The fraction of sp³-hybridized carbons (Fsp3) is 0.667. The lowest BCUT2D eigenvalue weighted by Gasteiger charge is -2.57. The van der Waals surface area contributed by atoms with Crippen LogP contribution >= 0.6 is 12.2 Å². The second kappa shape index (κ2) is 4.38. The quantitative estimate of drug-likeness (QED) is 0.837. The molecule has 0 unspecified atom stereocenters. The number of aromatic nitrogens is 2. The molecule has 0 amide bonds. The molecule has 1 heterocycles. The molecule has 0 aromatic carbocycles. The van der Waals surface area contributed by atoms with Crippen LogP contribution in [0.25, 0.3) is 0 Å². The first-order valence-corrected chi connectivity index (χ1v) is 7.94. The lowest BCUT2D eigenvalue weighted by Crippen LogP contribution is -2.55. The number of nitrogens with one attached hydrogen (secondary N) is 1. The van der Waals surface area contributed by atoms with Crippen molar-refractivity contribution in [3.63, 3.8) is 0 Å². The van der Waals surface area contributed by atoms with Crippen LogP contribution in [0.3, 0.4) is 0 Å². The Balaban J connectivity index is 1.64. The zero-order valence-corrected chi connectivity index (χ0v) is 12.3. The van der Waals surface area contributed by atoms with Crippen LogP contribution in [-0.2, 0) is 0 Å². The number of nitrogens with two attached hydrogens (primary N) is 1. The minimum Gasteiger partial charge on any atom is -0.389 e. The second-order valence-electron chi connectivity index (χ2n) is 6.98. The highest BCUT2D eigenvalue weighted by atomic mass is 32.1. The molecule has 1 aromatic rings. The van der Waals surface area contributed by atoms with Crippen molar-refractivity contribution in [3.05, 3.63) is 17.8 Å². The van der Waals surface area contributed by atoms with Gasteiger partial charge in [0, 0.05) is 5.54 Å². The van der Waals surface area contributed by atoms with Gasteiger partial charge in [0.05, 0.1) is 11.8 Å². The van der Waals surface area contributed by atoms with E-state index in [-0.39, 0.29) is 5.54 Å². The smallest absolute Gasteiger partial charge is 0.159 e. The van der Waals surface area contributed by atoms with Gasteiger partial charge in [0.1, 0.15) is 4.99 Å². The summed E-state index contributed by atoms with van der Waals surface area (Å²) in [6.45, 7) is 0. The zero-order chi connectivity index (χ0) is 13.7. The summed E-state index contributed by atoms with van der Waals surface area (Å²) >= 11 is 5.13. The van der Waals surface area contributed by atoms with Crippen LogP contribution in [0.1, 0.15) is 44.1 Å². The van der Waals surface area contributed by atoms with Crippen molar-refractivity contribution in [3.8, 4) is 0 Å². The molecule has 0 atom stereocenters. The third-order valence-electron chi connectivity index (χ3n) is 5.41. The van der Waals surface area contributed by atoms with Gasteiger partial charge in [0.25, 0.3) is 0 Å². The Morgan fingerprint density at radius 3 is 2.35 bits per heavy atom. The van der Waals surface area contributed by atoms with Crippen molar-refractivity contribution >= 4 is 23.0 Å². The van der Waals surface area contributed by atoms with Gasteiger partial charge in [-0.15, -0.1) is 5.10 Å². The molecule has 4 aliphatic carbocycles. The molecule has 1 aromatic heterocycles. The van der Waals surface area contributed by atoms with E-state index in [1.807, 2.05) is 6.07 Å². The van der Waals surface area contributed by atoms with E-state index in [1.54, 1.807) is 6.20 Å². The first kappa shape index (κ1) is 12.5. The number of anilines is 1. The minimum absolute atomic E-state index is 0.213. The average molecular weight is 288 g/mol. The van der Waals surface area contributed by atoms with Crippen LogP contribution in [0.4, 0.5) is 5.82 Å². The van der Waals surface area contributed by atoms with Gasteiger partial charge in [-0.25, -0.2) is 0 Å². The SMILES string of the molecule is NC(=S)c1ccnnc1NC12CC3CC(CC(C3)C1)C2. The van der Waals surface area contributed by atoms with Crippen LogP contribution in [0.5, 0.6) is 0 Å². The van der Waals surface area contributed by atoms with Crippen molar-refractivity contribution in [2.75, 3.05) is 5.32 Å². The standard InChI is InChI=1S/C15H20N4S/c16-13(20)12-1-2-17-19-14(12)18-15-6-9-3-10(7-15)5-11(4-9)8-15/h1-2,9-11H,3-8H2,(H2,16,20)(H,18,19). The zero-order valence-electron chi connectivity index (χ0n) is 11.5. The van der Waals surface area contributed by atoms with E-state index in [9.17, 15) is 0 Å². The van der Waals surface area contributed by atoms with Gasteiger partial charge in [-0.3, -0.25) is 0 Å². The Labute approximate surface area is 124 Å². The molecule has 4 saturated carbocycles. The molecule has 5 rings (SSSR count). The first-order chi connectivity index (χ1) is 9.63. The molecule has 4 aliphatic rings. The van der Waals surface area contributed by atoms with Crippen LogP contribution in [-0.4, -0.2) is 20.7 Å². The molecule has 0 radical (unpaired) electrons. The average Bonchev–Trinajstić information content (AvgIpc) is 2.36. The first-order valence-electron chi connectivity index (χ1n) is 7.53. The maximum atomic E-state index is 5.81. The highest BCUT2D eigenvalue weighted by Gasteiger charge is 2.51. The van der Waals surface area contributed by atoms with E-state index >= 15 is 0 Å². The molecule has 0 saturated heterocycles. The predicted molar refractivity (Wildman–Crippen MR) is 82.4 cm³/mol. The normalized spacial score (nSPS) is 37.9. The van der Waals surface area contributed by atoms with E-state index < -0.39 is 0 Å². The fourth-order valence-electron chi connectivity index (χ4n) is 5.14. The molecular weight excluding hydrogens is 268 g/mol. The molecule has 4 bridgehead atoms. The number of hydrogen-bond donors (Lipinski definition) is 2. The predicted octanol–water partition coefficient (Wildman–Crippen LogP) is 2.49. The molecule has 20 heavy (non-hydrogen) atoms. The number of thiocarbonyl (C=S) groups is 1. The van der Waals surface area contributed by atoms with Crippen LogP contribution in [0, 0.1) is 17.8 Å². The van der Waals surface area contributed by atoms with Gasteiger partial charge >= 0.3 is 0 Å². The van der Waals surface area contributed by atoms with Crippen LogP contribution in [0.15, 0.2) is 12.3 Å². The van der Waals surface area contributed by atoms with Gasteiger partial charge in [-0.05, 0) is 62.3 Å². The van der Waals surface area contributed by atoms with Gasteiger partial charge in [0.15, 0.2) is 5.82 Å². The van der Waals surface area contributed by atoms with E-state index in [2.05, 4.69) is 15.5 Å². The maximum absolute atomic E-state index is 5.81. The summed E-state index contributed by atoms with van der Waals surface area (Å²) in [7, 11) is 0. The highest BCUT2D eigenvalue weighted by Crippen LogP contribution is 2.56. The van der Waals surface area contributed by atoms with Gasteiger partial charge in [-0.2, -0.15) is 5.10 Å². The summed E-state index contributed by atoms with van der Waals surface area (Å²) < 4.78 is 0. The molecule has 5 heteroatoms. The Morgan fingerprint density at radius 1 is 1.20 bits per heavy atom. The summed E-state index contributed by atoms with van der Waals surface area (Å²) in [5, 5.41) is 11.9. The molecule has 4 fully saturated rings. The summed E-state index contributed by atoms with van der Waals surface area (Å²) in [4.78, 5) is 0.395. The molecule has 106 valence electrons. The van der Waals surface area contributed by atoms with Gasteiger partial charge in [0.2, 0.25) is 0 Å². The van der Waals surface area contributed by atoms with Crippen molar-refractivity contribution in [2.24, 2.45) is 23.5 Å². The molecule has 4 nitrogen and oxygen atoms in total. The second-order valence-corrected chi connectivity index (χ2v) is 7.42. The number of nitrogens with zero attached hydrogens (tertiary/aromatic N) is 2. The van der Waals surface area contributed by atoms with E-state index in [0.717, 1.165) is 29.1 Å². The molecular formula is C15H20N4S. The summed E-state index contributed by atoms with van der Waals surface area (Å²) in [5.74, 6) is 3.48. The molecule has 0 spiro atoms. The lowest BCUT2D eigenvalue weighted by atomic mass is 9.53. The van der Waals surface area contributed by atoms with E-state index in [1.165, 1.54) is 38.5 Å². The Bertz CT molecular complexity index is 521. The fourth-order valence-corrected chi connectivity index (χ4v) is 5.30. The lowest BCUT2D eigenvalue weighted by molar-refractivity contribution is 0.0105. The largest absolute Gasteiger partial charge is 0.389 e. The Hall–Kier alpha value is -1.23. The highest BCUT2D eigenvalue weighted by molar-refractivity contribution is 7.80. The number of hydrogen-bond acceptors (Lipinski definition) is 4. The van der Waals surface area contributed by atoms with Crippen molar-refractivity contribution in [1.29, 1.82) is 0 Å². The minimum atomic E-state index is 0.213.